The monoisotopic (exact) mass is 543 g/mol. The fourth-order valence-electron chi connectivity index (χ4n) is 4.46. The Morgan fingerprint density at radius 2 is 2.00 bits per heavy atom. The zero-order chi connectivity index (χ0) is 22.1. The first kappa shape index (κ1) is 27.0. The van der Waals surface area contributed by atoms with E-state index in [1.165, 1.54) is 4.90 Å². The summed E-state index contributed by atoms with van der Waals surface area (Å²) in [5.41, 5.74) is 3.67. The van der Waals surface area contributed by atoms with Crippen LogP contribution in [0.4, 0.5) is 0 Å². The molecule has 0 aliphatic carbocycles. The third-order valence-electron chi connectivity index (χ3n) is 6.34. The van der Waals surface area contributed by atoms with Crippen LogP contribution in [0.1, 0.15) is 24.1 Å². The fourth-order valence-corrected chi connectivity index (χ4v) is 5.48. The number of pyridine rings is 3. The highest BCUT2D eigenvalue weighted by molar-refractivity contribution is 7.99. The Labute approximate surface area is 220 Å². The molecule has 2 aliphatic heterocycles. The topological polar surface area (TPSA) is 72.3 Å². The highest BCUT2D eigenvalue weighted by Crippen LogP contribution is 2.35. The van der Waals surface area contributed by atoms with E-state index in [0.29, 0.717) is 17.0 Å². The molecule has 5 rings (SSSR count). The first-order chi connectivity index (χ1) is 15.6. The number of fused-ring (bicyclic) bond motifs is 2. The van der Waals surface area contributed by atoms with Crippen molar-refractivity contribution in [3.8, 4) is 5.75 Å². The molecule has 2 aliphatic rings. The van der Waals surface area contributed by atoms with Crippen molar-refractivity contribution < 1.29 is 4.74 Å². The van der Waals surface area contributed by atoms with Gasteiger partial charge >= 0.3 is 0 Å². The van der Waals surface area contributed by atoms with E-state index in [1.54, 1.807) is 41.7 Å². The van der Waals surface area contributed by atoms with Crippen molar-refractivity contribution in [2.75, 3.05) is 25.6 Å². The van der Waals surface area contributed by atoms with Crippen LogP contribution in [-0.2, 0) is 20.0 Å². The predicted octanol–water partition coefficient (Wildman–Crippen LogP) is 4.06. The lowest BCUT2D eigenvalue weighted by molar-refractivity contribution is 0.199. The summed E-state index contributed by atoms with van der Waals surface area (Å²) in [5.74, 6) is 1.58. The zero-order valence-electron chi connectivity index (χ0n) is 18.8. The van der Waals surface area contributed by atoms with Crippen LogP contribution in [0.3, 0.4) is 0 Å². The number of piperidine rings is 1. The van der Waals surface area contributed by atoms with Crippen LogP contribution in [0, 0.1) is 0 Å². The average molecular weight is 545 g/mol. The fraction of sp³-hybridized carbons (Fsp3) is 0.435. The molecule has 11 heteroatoms. The molecule has 0 radical (unpaired) electrons. The molecule has 34 heavy (non-hydrogen) atoms. The molecule has 0 unspecified atom stereocenters. The molecule has 184 valence electrons. The van der Waals surface area contributed by atoms with Gasteiger partial charge in [0.1, 0.15) is 5.94 Å². The molecule has 0 atom stereocenters. The summed E-state index contributed by atoms with van der Waals surface area (Å²) in [6.07, 6.45) is 6.53. The van der Waals surface area contributed by atoms with E-state index >= 15 is 0 Å². The molecule has 7 nitrogen and oxygen atoms in total. The minimum absolute atomic E-state index is 0. The maximum atomic E-state index is 12.1. The van der Waals surface area contributed by atoms with E-state index in [1.807, 2.05) is 6.20 Å². The van der Waals surface area contributed by atoms with E-state index in [0.717, 1.165) is 73.5 Å². The molecular formula is C23H28Cl3N5O2S. The van der Waals surface area contributed by atoms with Gasteiger partial charge in [-0.15, -0.1) is 24.8 Å². The normalized spacial score (nSPS) is 15.9. The Morgan fingerprint density at radius 1 is 1.21 bits per heavy atom. The van der Waals surface area contributed by atoms with Crippen molar-refractivity contribution in [1.82, 2.24) is 24.8 Å². The molecule has 3 aromatic rings. The molecular weight excluding hydrogens is 517 g/mol. The smallest absolute Gasteiger partial charge is 0.250 e. The van der Waals surface area contributed by atoms with Crippen LogP contribution in [0.25, 0.3) is 11.0 Å². The number of halogens is 3. The molecule has 0 aromatic carbocycles. The molecule has 1 fully saturated rings. The Morgan fingerprint density at radius 3 is 2.79 bits per heavy atom. The number of nitrogens with one attached hydrogen (secondary N) is 1. The molecule has 5 heterocycles. The lowest BCUT2D eigenvalue weighted by atomic mass is 10.0. The van der Waals surface area contributed by atoms with E-state index in [-0.39, 0.29) is 30.4 Å². The van der Waals surface area contributed by atoms with Gasteiger partial charge in [0, 0.05) is 38.4 Å². The van der Waals surface area contributed by atoms with Crippen LogP contribution in [-0.4, -0.2) is 51.0 Å². The molecule has 0 spiro atoms. The highest BCUT2D eigenvalue weighted by atomic mass is 35.5. The van der Waals surface area contributed by atoms with Gasteiger partial charge in [0.2, 0.25) is 0 Å². The SMILES string of the molecule is Cl.Cl.Cn1c(=O)ccc2ncc(Cl)c(CCN3CCC(NCc4cc5c(cn4)OCS5)CC3)c21. The highest BCUT2D eigenvalue weighted by Gasteiger charge is 2.20. The number of aryl methyl sites for hydroxylation is 1. The third kappa shape index (κ3) is 5.80. The molecule has 1 N–H and O–H groups in total. The lowest BCUT2D eigenvalue weighted by Crippen LogP contribution is -2.43. The van der Waals surface area contributed by atoms with Crippen LogP contribution >= 0.6 is 48.2 Å². The third-order valence-corrected chi connectivity index (χ3v) is 7.53. The number of hydrogen-bond donors (Lipinski definition) is 1. The van der Waals surface area contributed by atoms with Crippen LogP contribution in [0.2, 0.25) is 5.02 Å². The summed E-state index contributed by atoms with van der Waals surface area (Å²) in [4.78, 5) is 24.7. The van der Waals surface area contributed by atoms with Gasteiger partial charge in [-0.2, -0.15) is 0 Å². The minimum atomic E-state index is -0.0429. The lowest BCUT2D eigenvalue weighted by Gasteiger charge is -2.32. The number of thioether (sulfide) groups is 1. The van der Waals surface area contributed by atoms with Crippen molar-refractivity contribution in [2.45, 2.75) is 36.7 Å². The van der Waals surface area contributed by atoms with Crippen molar-refractivity contribution in [3.63, 3.8) is 0 Å². The van der Waals surface area contributed by atoms with Gasteiger partial charge in [0.25, 0.3) is 5.56 Å². The Kier molecular flexibility index (Phi) is 9.49. The summed E-state index contributed by atoms with van der Waals surface area (Å²) in [5, 5.41) is 4.29. The molecule has 1 saturated heterocycles. The van der Waals surface area contributed by atoms with Gasteiger partial charge in [0.15, 0.2) is 5.75 Å². The van der Waals surface area contributed by atoms with E-state index in [9.17, 15) is 4.79 Å². The van der Waals surface area contributed by atoms with Crippen molar-refractivity contribution in [2.24, 2.45) is 7.05 Å². The Balaban J connectivity index is 0.00000162. The number of nitrogens with zero attached hydrogens (tertiary/aromatic N) is 4. The van der Waals surface area contributed by atoms with Crippen LogP contribution < -0.4 is 15.6 Å². The molecule has 0 saturated carbocycles. The van der Waals surface area contributed by atoms with E-state index in [4.69, 9.17) is 16.3 Å². The minimum Gasteiger partial charge on any atom is -0.480 e. The summed E-state index contributed by atoms with van der Waals surface area (Å²) >= 11 is 8.20. The summed E-state index contributed by atoms with van der Waals surface area (Å²) in [6.45, 7) is 3.78. The van der Waals surface area contributed by atoms with Gasteiger partial charge < -0.3 is 19.5 Å². The summed E-state index contributed by atoms with van der Waals surface area (Å²) < 4.78 is 7.15. The predicted molar refractivity (Wildman–Crippen MR) is 142 cm³/mol. The molecule has 3 aromatic heterocycles. The van der Waals surface area contributed by atoms with Gasteiger partial charge in [-0.05, 0) is 50.0 Å². The Bertz CT molecular complexity index is 1200. The van der Waals surface area contributed by atoms with Gasteiger partial charge in [-0.1, -0.05) is 23.4 Å². The number of aromatic nitrogens is 3. The largest absolute Gasteiger partial charge is 0.480 e. The Hall–Kier alpha value is -1.55. The first-order valence-electron chi connectivity index (χ1n) is 10.9. The summed E-state index contributed by atoms with van der Waals surface area (Å²) in [6, 6.07) is 5.95. The second-order valence-corrected chi connectivity index (χ2v) is 9.70. The van der Waals surface area contributed by atoms with Crippen LogP contribution in [0.15, 0.2) is 40.3 Å². The average Bonchev–Trinajstić information content (AvgIpc) is 3.28. The van der Waals surface area contributed by atoms with E-state index in [2.05, 4.69) is 26.3 Å². The van der Waals surface area contributed by atoms with Crippen LogP contribution in [0.5, 0.6) is 5.75 Å². The number of likely N-dealkylation sites (tertiary alicyclic amines) is 1. The number of hydrogen-bond acceptors (Lipinski definition) is 7. The van der Waals surface area contributed by atoms with Crippen molar-refractivity contribution in [1.29, 1.82) is 0 Å². The van der Waals surface area contributed by atoms with Gasteiger partial charge in [-0.3, -0.25) is 14.8 Å². The molecule has 0 bridgehead atoms. The second-order valence-electron chi connectivity index (χ2n) is 8.32. The standard InChI is InChI=1S/C23H26ClN5O2S.2ClH/c1-28-22(30)3-2-19-23(28)17(18(24)12-27-19)6-9-29-7-4-15(5-8-29)25-11-16-10-21-20(13-26-16)31-14-32-21;;/h2-3,10,12-13,15,25H,4-9,11,14H2,1H3;2*1H. The zero-order valence-corrected chi connectivity index (χ0v) is 22.0. The quantitative estimate of drug-likeness (QED) is 0.502. The van der Waals surface area contributed by atoms with Gasteiger partial charge in [0.05, 0.1) is 32.8 Å². The van der Waals surface area contributed by atoms with Crippen molar-refractivity contribution >= 4 is 59.2 Å². The van der Waals surface area contributed by atoms with Gasteiger partial charge in [-0.25, -0.2) is 0 Å². The number of ether oxygens (including phenoxy) is 1. The molecule has 0 amide bonds. The number of rotatable bonds is 6. The maximum Gasteiger partial charge on any atom is 0.250 e. The first-order valence-corrected chi connectivity index (χ1v) is 12.3. The summed E-state index contributed by atoms with van der Waals surface area (Å²) in [7, 11) is 1.78. The maximum absolute atomic E-state index is 12.1. The van der Waals surface area contributed by atoms with Crippen molar-refractivity contribution in [3.05, 3.63) is 57.2 Å². The second kappa shape index (κ2) is 11.9. The van der Waals surface area contributed by atoms with E-state index < -0.39 is 0 Å².